The van der Waals surface area contributed by atoms with Gasteiger partial charge in [-0.25, -0.2) is 4.79 Å². The number of esters is 1. The van der Waals surface area contributed by atoms with Gasteiger partial charge in [0.05, 0.1) is 19.8 Å². The molecule has 0 aliphatic carbocycles. The molecule has 3 rings (SSSR count). The second kappa shape index (κ2) is 12.8. The molecule has 1 heterocycles. The Hall–Kier alpha value is -3.30. The van der Waals surface area contributed by atoms with Crippen molar-refractivity contribution in [3.05, 3.63) is 60.2 Å². The highest BCUT2D eigenvalue weighted by Crippen LogP contribution is 2.26. The maximum Gasteiger partial charge on any atom is 0.413 e. The third kappa shape index (κ3) is 7.64. The number of nitrogens with two attached hydrogens (primary N) is 1. The zero-order valence-electron chi connectivity index (χ0n) is 19.6. The Bertz CT molecular complexity index is 924. The number of amides is 1. The summed E-state index contributed by atoms with van der Waals surface area (Å²) in [6.07, 6.45) is -1.68. The Morgan fingerprint density at radius 1 is 1.06 bits per heavy atom. The van der Waals surface area contributed by atoms with E-state index in [9.17, 15) is 9.59 Å². The van der Waals surface area contributed by atoms with Gasteiger partial charge in [-0.2, -0.15) is 0 Å². The van der Waals surface area contributed by atoms with Crippen LogP contribution in [0.2, 0.25) is 0 Å². The molecule has 2 N–H and O–H groups in total. The third-order valence-corrected chi connectivity index (χ3v) is 5.12. The summed E-state index contributed by atoms with van der Waals surface area (Å²) in [5.41, 5.74) is 6.85. The molecule has 3 unspecified atom stereocenters. The first-order valence-corrected chi connectivity index (χ1v) is 11.4. The topological polar surface area (TPSA) is 110 Å². The summed E-state index contributed by atoms with van der Waals surface area (Å²) >= 11 is 0. The minimum absolute atomic E-state index is 0.243. The summed E-state index contributed by atoms with van der Waals surface area (Å²) in [6, 6.07) is 15.9. The fraction of sp³-hybridized carbons (Fsp3) is 0.440. The van der Waals surface area contributed by atoms with E-state index in [4.69, 9.17) is 29.4 Å². The van der Waals surface area contributed by atoms with E-state index in [2.05, 4.69) is 0 Å². The third-order valence-electron chi connectivity index (χ3n) is 5.12. The van der Waals surface area contributed by atoms with Gasteiger partial charge in [-0.1, -0.05) is 42.5 Å². The van der Waals surface area contributed by atoms with Crippen molar-refractivity contribution in [1.29, 1.82) is 0 Å². The molecule has 0 bridgehead atoms. The van der Waals surface area contributed by atoms with Crippen molar-refractivity contribution in [3.63, 3.8) is 0 Å². The predicted molar refractivity (Wildman–Crippen MR) is 125 cm³/mol. The molecule has 1 aliphatic rings. The maximum atomic E-state index is 12.6. The first kappa shape index (κ1) is 25.3. The van der Waals surface area contributed by atoms with Gasteiger partial charge in [0.1, 0.15) is 18.8 Å². The molecule has 0 radical (unpaired) electrons. The van der Waals surface area contributed by atoms with Crippen LogP contribution < -0.4 is 15.2 Å². The van der Waals surface area contributed by atoms with Crippen LogP contribution in [0.1, 0.15) is 19.4 Å². The van der Waals surface area contributed by atoms with Gasteiger partial charge < -0.3 is 34.3 Å². The number of hydrogen-bond acceptors (Lipinski definition) is 8. The Morgan fingerprint density at radius 3 is 2.44 bits per heavy atom. The standard InChI is InChI=1S/C25H32N2O7/c1-3-30-22-11-7-8-12-23(22)32-17-20-16-27(13-14-31-20)25(29)34-18(2)33-24(28)21(26)15-19-9-5-4-6-10-19/h4-12,18,20-21H,3,13-17,26H2,1-2H3. The van der Waals surface area contributed by atoms with E-state index in [-0.39, 0.29) is 19.3 Å². The van der Waals surface area contributed by atoms with E-state index in [1.165, 1.54) is 11.8 Å². The molecule has 1 fully saturated rings. The number of benzene rings is 2. The van der Waals surface area contributed by atoms with Gasteiger partial charge in [0.2, 0.25) is 6.29 Å². The smallest absolute Gasteiger partial charge is 0.413 e. The minimum Gasteiger partial charge on any atom is -0.490 e. The normalized spacial score (nSPS) is 17.4. The van der Waals surface area contributed by atoms with Crippen LogP contribution in [0.5, 0.6) is 11.5 Å². The van der Waals surface area contributed by atoms with Gasteiger partial charge in [0.25, 0.3) is 0 Å². The highest BCUT2D eigenvalue weighted by molar-refractivity contribution is 5.76. The molecule has 34 heavy (non-hydrogen) atoms. The lowest BCUT2D eigenvalue weighted by Gasteiger charge is -2.32. The first-order valence-electron chi connectivity index (χ1n) is 11.4. The number of rotatable bonds is 10. The molecule has 9 nitrogen and oxygen atoms in total. The van der Waals surface area contributed by atoms with Crippen LogP contribution >= 0.6 is 0 Å². The van der Waals surface area contributed by atoms with E-state index >= 15 is 0 Å². The molecule has 0 aromatic heterocycles. The maximum absolute atomic E-state index is 12.6. The molecule has 2 aromatic rings. The van der Waals surface area contributed by atoms with Gasteiger partial charge in [-0.3, -0.25) is 4.79 Å². The monoisotopic (exact) mass is 472 g/mol. The van der Waals surface area contributed by atoms with Crippen molar-refractivity contribution in [1.82, 2.24) is 4.90 Å². The SMILES string of the molecule is CCOc1ccccc1OCC1CN(C(=O)OC(C)OC(=O)C(N)Cc2ccccc2)CCO1. The van der Waals surface area contributed by atoms with Gasteiger partial charge >= 0.3 is 12.1 Å². The molecular formula is C25H32N2O7. The molecule has 1 saturated heterocycles. The molecule has 0 spiro atoms. The largest absolute Gasteiger partial charge is 0.490 e. The first-order chi connectivity index (χ1) is 16.5. The highest BCUT2D eigenvalue weighted by atomic mass is 16.7. The van der Waals surface area contributed by atoms with Gasteiger partial charge in [-0.15, -0.1) is 0 Å². The molecule has 1 amide bonds. The van der Waals surface area contributed by atoms with E-state index in [0.717, 1.165) is 5.56 Å². The number of para-hydroxylation sites is 2. The second-order valence-corrected chi connectivity index (χ2v) is 7.81. The summed E-state index contributed by atoms with van der Waals surface area (Å²) in [6.45, 7) is 5.14. The number of ether oxygens (including phenoxy) is 5. The Morgan fingerprint density at radius 2 is 1.74 bits per heavy atom. The fourth-order valence-electron chi connectivity index (χ4n) is 3.46. The van der Waals surface area contributed by atoms with Crippen LogP contribution in [-0.4, -0.2) is 68.3 Å². The van der Waals surface area contributed by atoms with Crippen molar-refractivity contribution >= 4 is 12.1 Å². The quantitative estimate of drug-likeness (QED) is 0.415. The Kier molecular flexibility index (Phi) is 9.54. The van der Waals surface area contributed by atoms with Crippen LogP contribution in [0, 0.1) is 0 Å². The van der Waals surface area contributed by atoms with E-state index in [1.807, 2.05) is 61.5 Å². The lowest BCUT2D eigenvalue weighted by molar-refractivity contribution is -0.168. The molecule has 2 aromatic carbocycles. The van der Waals surface area contributed by atoms with E-state index in [1.54, 1.807) is 0 Å². The highest BCUT2D eigenvalue weighted by Gasteiger charge is 2.28. The molecule has 0 saturated carbocycles. The molecule has 1 aliphatic heterocycles. The van der Waals surface area contributed by atoms with Crippen LogP contribution in [0.4, 0.5) is 4.79 Å². The predicted octanol–water partition coefficient (Wildman–Crippen LogP) is 2.76. The van der Waals surface area contributed by atoms with Crippen molar-refractivity contribution in [2.75, 3.05) is 32.9 Å². The number of hydrogen-bond donors (Lipinski definition) is 1. The van der Waals surface area contributed by atoms with Gasteiger partial charge in [0, 0.05) is 13.5 Å². The van der Waals surface area contributed by atoms with Crippen molar-refractivity contribution in [2.45, 2.75) is 38.7 Å². The van der Waals surface area contributed by atoms with Gasteiger partial charge in [-0.05, 0) is 31.0 Å². The molecule has 9 heteroatoms. The van der Waals surface area contributed by atoms with Crippen molar-refractivity contribution < 1.29 is 33.3 Å². The zero-order chi connectivity index (χ0) is 24.3. The van der Waals surface area contributed by atoms with Crippen LogP contribution in [0.3, 0.4) is 0 Å². The second-order valence-electron chi connectivity index (χ2n) is 7.81. The van der Waals surface area contributed by atoms with Crippen LogP contribution in [0.15, 0.2) is 54.6 Å². The van der Waals surface area contributed by atoms with Crippen LogP contribution in [-0.2, 0) is 25.4 Å². The van der Waals surface area contributed by atoms with E-state index < -0.39 is 24.4 Å². The van der Waals surface area contributed by atoms with E-state index in [0.29, 0.717) is 37.7 Å². The lowest BCUT2D eigenvalue weighted by atomic mass is 10.1. The number of carbonyl (C=O) groups excluding carboxylic acids is 2. The molecule has 184 valence electrons. The average molecular weight is 473 g/mol. The minimum atomic E-state index is -1.07. The Labute approximate surface area is 199 Å². The van der Waals surface area contributed by atoms with Crippen molar-refractivity contribution in [3.8, 4) is 11.5 Å². The molecule has 3 atom stereocenters. The average Bonchev–Trinajstić information content (AvgIpc) is 2.84. The fourth-order valence-corrected chi connectivity index (χ4v) is 3.46. The summed E-state index contributed by atoms with van der Waals surface area (Å²) in [7, 11) is 0. The summed E-state index contributed by atoms with van der Waals surface area (Å²) in [5.74, 6) is 0.628. The van der Waals surface area contributed by atoms with Crippen LogP contribution in [0.25, 0.3) is 0 Å². The molecular weight excluding hydrogens is 440 g/mol. The number of nitrogens with zero attached hydrogens (tertiary/aromatic N) is 1. The van der Waals surface area contributed by atoms with Crippen molar-refractivity contribution in [2.24, 2.45) is 5.73 Å². The lowest BCUT2D eigenvalue weighted by Crippen LogP contribution is -2.48. The van der Waals surface area contributed by atoms with Gasteiger partial charge in [0.15, 0.2) is 11.5 Å². The number of morpholine rings is 1. The summed E-state index contributed by atoms with van der Waals surface area (Å²) < 4.78 is 27.6. The number of carbonyl (C=O) groups is 2. The summed E-state index contributed by atoms with van der Waals surface area (Å²) in [5, 5.41) is 0. The Balaban J connectivity index is 1.44. The zero-order valence-corrected chi connectivity index (χ0v) is 19.6. The summed E-state index contributed by atoms with van der Waals surface area (Å²) in [4.78, 5) is 26.3.